The van der Waals surface area contributed by atoms with Crippen molar-refractivity contribution in [1.82, 2.24) is 4.90 Å². The van der Waals surface area contributed by atoms with Crippen LogP contribution in [0.3, 0.4) is 0 Å². The topological polar surface area (TPSA) is 49.8 Å². The first-order chi connectivity index (χ1) is 11.0. The summed E-state index contributed by atoms with van der Waals surface area (Å²) < 4.78 is 5.60. The number of benzene rings is 1. The molecule has 0 aliphatic heterocycles. The molecule has 0 radical (unpaired) electrons. The van der Waals surface area contributed by atoms with Crippen molar-refractivity contribution < 1.29 is 14.6 Å². The summed E-state index contributed by atoms with van der Waals surface area (Å²) in [5.74, 6) is 0.603. The molecule has 0 aliphatic rings. The van der Waals surface area contributed by atoms with Gasteiger partial charge in [-0.3, -0.25) is 9.69 Å². The second kappa shape index (κ2) is 8.24. The predicted molar refractivity (Wildman–Crippen MR) is 93.3 cm³/mol. The largest absolute Gasteiger partial charge is 0.491 e. The normalized spacial score (nSPS) is 13.8. The minimum atomic E-state index is -0.594. The van der Waals surface area contributed by atoms with E-state index in [-0.39, 0.29) is 18.4 Å². The molecule has 2 aromatic rings. The number of hydrogen-bond acceptors (Lipinski definition) is 5. The number of ether oxygens (including phenoxy) is 1. The highest BCUT2D eigenvalue weighted by Gasteiger charge is 2.16. The van der Waals surface area contributed by atoms with Gasteiger partial charge in [-0.1, -0.05) is 18.2 Å². The maximum atomic E-state index is 11.4. The fourth-order valence-electron chi connectivity index (χ4n) is 2.29. The van der Waals surface area contributed by atoms with Gasteiger partial charge in [0.25, 0.3) is 0 Å². The van der Waals surface area contributed by atoms with Gasteiger partial charge in [0.1, 0.15) is 18.5 Å². The van der Waals surface area contributed by atoms with Crippen LogP contribution in [-0.2, 0) is 0 Å². The molecule has 5 heteroatoms. The van der Waals surface area contributed by atoms with Crippen molar-refractivity contribution in [2.75, 3.05) is 20.2 Å². The zero-order valence-corrected chi connectivity index (χ0v) is 14.5. The first kappa shape index (κ1) is 17.7. The molecule has 1 aromatic heterocycles. The molecular formula is C18H23NO3S. The van der Waals surface area contributed by atoms with Crippen molar-refractivity contribution in [3.8, 4) is 5.75 Å². The average molecular weight is 333 g/mol. The summed E-state index contributed by atoms with van der Waals surface area (Å²) in [6.07, 6.45) is -0.594. The Balaban J connectivity index is 1.84. The summed E-state index contributed by atoms with van der Waals surface area (Å²) in [4.78, 5) is 14.7. The van der Waals surface area contributed by atoms with Crippen LogP contribution in [0.4, 0.5) is 0 Å². The molecule has 2 unspecified atom stereocenters. The van der Waals surface area contributed by atoms with Crippen molar-refractivity contribution in [2.45, 2.75) is 26.0 Å². The Morgan fingerprint density at radius 3 is 2.78 bits per heavy atom. The number of aliphatic hydroxyl groups is 1. The van der Waals surface area contributed by atoms with E-state index in [9.17, 15) is 9.90 Å². The standard InChI is InChI=1S/C18H23NO3S/c1-13(18-8-5-9-23-18)19(3)11-16(21)12-22-17-7-4-6-15(10-17)14(2)20/h4-10,13,16,21H,11-12H2,1-3H3. The smallest absolute Gasteiger partial charge is 0.159 e. The van der Waals surface area contributed by atoms with E-state index in [2.05, 4.69) is 23.3 Å². The maximum absolute atomic E-state index is 11.4. The lowest BCUT2D eigenvalue weighted by Gasteiger charge is -2.26. The van der Waals surface area contributed by atoms with E-state index in [1.165, 1.54) is 11.8 Å². The highest BCUT2D eigenvalue weighted by molar-refractivity contribution is 7.10. The molecule has 1 N–H and O–H groups in total. The molecule has 0 amide bonds. The average Bonchev–Trinajstić information content (AvgIpc) is 3.06. The van der Waals surface area contributed by atoms with Crippen LogP contribution in [0.25, 0.3) is 0 Å². The molecule has 0 bridgehead atoms. The summed E-state index contributed by atoms with van der Waals surface area (Å²) in [5.41, 5.74) is 0.612. The van der Waals surface area contributed by atoms with Gasteiger partial charge in [-0.05, 0) is 44.5 Å². The van der Waals surface area contributed by atoms with Gasteiger partial charge in [0.15, 0.2) is 5.78 Å². The summed E-state index contributed by atoms with van der Waals surface area (Å²) >= 11 is 1.71. The number of hydrogen-bond donors (Lipinski definition) is 1. The molecule has 0 spiro atoms. The number of nitrogens with zero attached hydrogens (tertiary/aromatic N) is 1. The number of likely N-dealkylation sites (N-methyl/N-ethyl adjacent to an activating group) is 1. The Bertz CT molecular complexity index is 627. The number of thiophene rings is 1. The van der Waals surface area contributed by atoms with Gasteiger partial charge in [0, 0.05) is 23.0 Å². The van der Waals surface area contributed by atoms with Gasteiger partial charge in [0.2, 0.25) is 0 Å². The second-order valence-electron chi connectivity index (χ2n) is 5.68. The Labute approximate surface area is 141 Å². The van der Waals surface area contributed by atoms with E-state index in [0.29, 0.717) is 17.9 Å². The molecule has 0 fully saturated rings. The van der Waals surface area contributed by atoms with Crippen LogP contribution in [0.2, 0.25) is 0 Å². The summed E-state index contributed by atoms with van der Waals surface area (Å²) in [6, 6.07) is 11.4. The lowest BCUT2D eigenvalue weighted by molar-refractivity contribution is 0.0658. The predicted octanol–water partition coefficient (Wildman–Crippen LogP) is 3.38. The molecule has 0 aliphatic carbocycles. The molecule has 1 heterocycles. The van der Waals surface area contributed by atoms with Crippen LogP contribution in [0.15, 0.2) is 41.8 Å². The molecule has 1 aromatic carbocycles. The zero-order chi connectivity index (χ0) is 16.8. The van der Waals surface area contributed by atoms with Gasteiger partial charge < -0.3 is 9.84 Å². The fraction of sp³-hybridized carbons (Fsp3) is 0.389. The highest BCUT2D eigenvalue weighted by atomic mass is 32.1. The SMILES string of the molecule is CC(=O)c1cccc(OCC(O)CN(C)C(C)c2cccs2)c1. The number of rotatable bonds is 8. The molecule has 2 rings (SSSR count). The number of ketones is 1. The van der Waals surface area contributed by atoms with Crippen LogP contribution in [0, 0.1) is 0 Å². The Hall–Kier alpha value is -1.69. The van der Waals surface area contributed by atoms with Crippen LogP contribution < -0.4 is 4.74 Å². The van der Waals surface area contributed by atoms with E-state index in [4.69, 9.17) is 4.74 Å². The number of aliphatic hydroxyl groups excluding tert-OH is 1. The van der Waals surface area contributed by atoms with E-state index in [0.717, 1.165) is 0 Å². The Morgan fingerprint density at radius 1 is 1.35 bits per heavy atom. The third kappa shape index (κ3) is 5.16. The van der Waals surface area contributed by atoms with Gasteiger partial charge >= 0.3 is 0 Å². The minimum absolute atomic E-state index is 0.000467. The van der Waals surface area contributed by atoms with Crippen molar-refractivity contribution in [1.29, 1.82) is 0 Å². The Kier molecular flexibility index (Phi) is 6.33. The number of carbonyl (C=O) groups is 1. The molecule has 0 saturated heterocycles. The number of carbonyl (C=O) groups excluding carboxylic acids is 1. The number of Topliss-reactive ketones (excluding diaryl/α,β-unsaturated/α-hetero) is 1. The van der Waals surface area contributed by atoms with E-state index in [1.807, 2.05) is 13.1 Å². The summed E-state index contributed by atoms with van der Waals surface area (Å²) in [6.45, 7) is 4.36. The van der Waals surface area contributed by atoms with Crippen LogP contribution in [0.5, 0.6) is 5.75 Å². The maximum Gasteiger partial charge on any atom is 0.159 e. The molecule has 0 saturated carbocycles. The summed E-state index contributed by atoms with van der Waals surface area (Å²) in [7, 11) is 1.99. The second-order valence-corrected chi connectivity index (χ2v) is 6.66. The molecule has 124 valence electrons. The molecule has 4 nitrogen and oxygen atoms in total. The van der Waals surface area contributed by atoms with Crippen molar-refractivity contribution in [2.24, 2.45) is 0 Å². The van der Waals surface area contributed by atoms with Gasteiger partial charge in [-0.2, -0.15) is 0 Å². The van der Waals surface area contributed by atoms with Crippen LogP contribution in [-0.4, -0.2) is 42.1 Å². The first-order valence-electron chi connectivity index (χ1n) is 7.63. The van der Waals surface area contributed by atoms with E-state index in [1.54, 1.807) is 35.6 Å². The Morgan fingerprint density at radius 2 is 2.13 bits per heavy atom. The van der Waals surface area contributed by atoms with Gasteiger partial charge in [0.05, 0.1) is 0 Å². The van der Waals surface area contributed by atoms with Crippen LogP contribution >= 0.6 is 11.3 Å². The van der Waals surface area contributed by atoms with E-state index < -0.39 is 6.10 Å². The molecular weight excluding hydrogens is 310 g/mol. The molecule has 23 heavy (non-hydrogen) atoms. The van der Waals surface area contributed by atoms with Crippen molar-refractivity contribution >= 4 is 17.1 Å². The third-order valence-electron chi connectivity index (χ3n) is 3.80. The van der Waals surface area contributed by atoms with Gasteiger partial charge in [-0.25, -0.2) is 0 Å². The van der Waals surface area contributed by atoms with Crippen LogP contribution in [0.1, 0.15) is 35.1 Å². The fourth-order valence-corrected chi connectivity index (χ4v) is 3.14. The third-order valence-corrected chi connectivity index (χ3v) is 4.84. The highest BCUT2D eigenvalue weighted by Crippen LogP contribution is 2.23. The van der Waals surface area contributed by atoms with E-state index >= 15 is 0 Å². The van der Waals surface area contributed by atoms with Crippen molar-refractivity contribution in [3.63, 3.8) is 0 Å². The lowest BCUT2D eigenvalue weighted by atomic mass is 10.1. The monoisotopic (exact) mass is 333 g/mol. The zero-order valence-electron chi connectivity index (χ0n) is 13.7. The summed E-state index contributed by atoms with van der Waals surface area (Å²) in [5, 5.41) is 12.2. The quantitative estimate of drug-likeness (QED) is 0.753. The van der Waals surface area contributed by atoms with Crippen molar-refractivity contribution in [3.05, 3.63) is 52.2 Å². The lowest BCUT2D eigenvalue weighted by Crippen LogP contribution is -2.34. The molecule has 2 atom stereocenters. The first-order valence-corrected chi connectivity index (χ1v) is 8.51. The minimum Gasteiger partial charge on any atom is -0.491 e. The van der Waals surface area contributed by atoms with Gasteiger partial charge in [-0.15, -0.1) is 11.3 Å².